The Bertz CT molecular complexity index is 492. The Hall–Kier alpha value is -1.81. The van der Waals surface area contributed by atoms with E-state index < -0.39 is 0 Å². The van der Waals surface area contributed by atoms with E-state index in [9.17, 15) is 0 Å². The summed E-state index contributed by atoms with van der Waals surface area (Å²) in [6.45, 7) is 3.14. The molecule has 0 aliphatic carbocycles. The number of hydrogen-bond donors (Lipinski definition) is 1. The Morgan fingerprint density at radius 1 is 1.20 bits per heavy atom. The molecule has 0 amide bonds. The fourth-order valence-corrected chi connectivity index (χ4v) is 2.21. The maximum atomic E-state index is 4.17. The summed E-state index contributed by atoms with van der Waals surface area (Å²) < 4.78 is 1.85. The van der Waals surface area contributed by atoms with Gasteiger partial charge in [-0.25, -0.2) is 0 Å². The molecule has 1 aromatic carbocycles. The molecule has 0 fully saturated rings. The van der Waals surface area contributed by atoms with Crippen LogP contribution >= 0.6 is 0 Å². The molecule has 0 aliphatic heterocycles. The SMILES string of the molecule is CN(CCCNCCc1cnn(C)c1)c1ccccc1. The molecule has 4 heteroatoms. The first kappa shape index (κ1) is 14.6. The largest absolute Gasteiger partial charge is 0.375 e. The smallest absolute Gasteiger partial charge is 0.0522 e. The van der Waals surface area contributed by atoms with Gasteiger partial charge in [0.1, 0.15) is 0 Å². The van der Waals surface area contributed by atoms with Crippen LogP contribution in [0.25, 0.3) is 0 Å². The van der Waals surface area contributed by atoms with Crippen LogP contribution in [0.5, 0.6) is 0 Å². The van der Waals surface area contributed by atoms with E-state index in [2.05, 4.69) is 58.9 Å². The highest BCUT2D eigenvalue weighted by Gasteiger charge is 1.99. The van der Waals surface area contributed by atoms with Gasteiger partial charge in [0.05, 0.1) is 6.20 Å². The predicted molar refractivity (Wildman–Crippen MR) is 84.1 cm³/mol. The van der Waals surface area contributed by atoms with Gasteiger partial charge in [-0.15, -0.1) is 0 Å². The van der Waals surface area contributed by atoms with Crippen molar-refractivity contribution >= 4 is 5.69 Å². The average Bonchev–Trinajstić information content (AvgIpc) is 2.89. The number of aromatic nitrogens is 2. The minimum Gasteiger partial charge on any atom is -0.375 e. The molecule has 1 N–H and O–H groups in total. The first-order chi connectivity index (χ1) is 9.75. The molecule has 20 heavy (non-hydrogen) atoms. The Balaban J connectivity index is 1.55. The summed E-state index contributed by atoms with van der Waals surface area (Å²) in [6.07, 6.45) is 6.20. The number of hydrogen-bond acceptors (Lipinski definition) is 3. The summed E-state index contributed by atoms with van der Waals surface area (Å²) in [4.78, 5) is 2.29. The van der Waals surface area contributed by atoms with Gasteiger partial charge in [0, 0.05) is 32.5 Å². The lowest BCUT2D eigenvalue weighted by Gasteiger charge is -2.19. The highest BCUT2D eigenvalue weighted by atomic mass is 15.2. The lowest BCUT2D eigenvalue weighted by molar-refractivity contribution is 0.644. The van der Waals surface area contributed by atoms with Crippen molar-refractivity contribution in [2.24, 2.45) is 7.05 Å². The molecule has 4 nitrogen and oxygen atoms in total. The standard InChI is InChI=1S/C16H24N4/c1-19(16-7-4-3-5-8-16)12-6-10-17-11-9-15-13-18-20(2)14-15/h3-5,7-8,13-14,17H,6,9-12H2,1-2H3. The van der Waals surface area contributed by atoms with E-state index in [4.69, 9.17) is 0 Å². The molecular weight excluding hydrogens is 248 g/mol. The van der Waals surface area contributed by atoms with E-state index in [1.807, 2.05) is 17.9 Å². The van der Waals surface area contributed by atoms with Gasteiger partial charge in [-0.05, 0) is 43.6 Å². The second-order valence-electron chi connectivity index (χ2n) is 5.13. The van der Waals surface area contributed by atoms with Crippen molar-refractivity contribution in [1.29, 1.82) is 0 Å². The molecule has 0 unspecified atom stereocenters. The van der Waals surface area contributed by atoms with Gasteiger partial charge in [-0.3, -0.25) is 4.68 Å². The van der Waals surface area contributed by atoms with Crippen LogP contribution < -0.4 is 10.2 Å². The molecule has 0 saturated carbocycles. The quantitative estimate of drug-likeness (QED) is 0.747. The van der Waals surface area contributed by atoms with Crippen molar-refractivity contribution in [2.45, 2.75) is 12.8 Å². The zero-order valence-corrected chi connectivity index (χ0v) is 12.4. The second-order valence-corrected chi connectivity index (χ2v) is 5.13. The molecule has 1 aromatic heterocycles. The van der Waals surface area contributed by atoms with Gasteiger partial charge in [-0.1, -0.05) is 18.2 Å². The number of nitrogens with zero attached hydrogens (tertiary/aromatic N) is 3. The number of rotatable bonds is 8. The Morgan fingerprint density at radius 2 is 2.00 bits per heavy atom. The van der Waals surface area contributed by atoms with Gasteiger partial charge in [0.2, 0.25) is 0 Å². The summed E-state index contributed by atoms with van der Waals surface area (Å²) in [7, 11) is 4.10. The number of benzene rings is 1. The summed E-state index contributed by atoms with van der Waals surface area (Å²) in [5.41, 5.74) is 2.57. The number of anilines is 1. The van der Waals surface area contributed by atoms with Crippen molar-refractivity contribution in [3.05, 3.63) is 48.3 Å². The van der Waals surface area contributed by atoms with Crippen molar-refractivity contribution in [1.82, 2.24) is 15.1 Å². The average molecular weight is 272 g/mol. The van der Waals surface area contributed by atoms with Crippen molar-refractivity contribution in [2.75, 3.05) is 31.6 Å². The summed E-state index contributed by atoms with van der Waals surface area (Å²) >= 11 is 0. The maximum absolute atomic E-state index is 4.17. The Kier molecular flexibility index (Phi) is 5.62. The summed E-state index contributed by atoms with van der Waals surface area (Å²) in [5, 5.41) is 7.66. The lowest BCUT2D eigenvalue weighted by Crippen LogP contribution is -2.24. The van der Waals surface area contributed by atoms with Crippen LogP contribution in [-0.2, 0) is 13.5 Å². The van der Waals surface area contributed by atoms with Gasteiger partial charge in [0.25, 0.3) is 0 Å². The first-order valence-electron chi connectivity index (χ1n) is 7.20. The fraction of sp³-hybridized carbons (Fsp3) is 0.438. The third-order valence-electron chi connectivity index (χ3n) is 3.39. The zero-order chi connectivity index (χ0) is 14.2. The molecular formula is C16H24N4. The van der Waals surface area contributed by atoms with Crippen LogP contribution in [-0.4, -0.2) is 36.5 Å². The Labute approximate surface area is 121 Å². The van der Waals surface area contributed by atoms with Crippen LogP contribution in [0.4, 0.5) is 5.69 Å². The second kappa shape index (κ2) is 7.70. The highest BCUT2D eigenvalue weighted by molar-refractivity contribution is 5.44. The minimum atomic E-state index is 1.01. The van der Waals surface area contributed by atoms with E-state index in [1.165, 1.54) is 11.3 Å². The van der Waals surface area contributed by atoms with Gasteiger partial charge in [0.15, 0.2) is 0 Å². The zero-order valence-electron chi connectivity index (χ0n) is 12.4. The van der Waals surface area contributed by atoms with E-state index >= 15 is 0 Å². The molecule has 2 rings (SSSR count). The normalized spacial score (nSPS) is 10.7. The molecule has 2 aromatic rings. The van der Waals surface area contributed by atoms with Gasteiger partial charge >= 0.3 is 0 Å². The first-order valence-corrected chi connectivity index (χ1v) is 7.20. The van der Waals surface area contributed by atoms with Crippen molar-refractivity contribution in [3.63, 3.8) is 0 Å². The minimum absolute atomic E-state index is 1.01. The lowest BCUT2D eigenvalue weighted by atomic mass is 10.2. The molecule has 0 radical (unpaired) electrons. The van der Waals surface area contributed by atoms with E-state index in [0.29, 0.717) is 0 Å². The monoisotopic (exact) mass is 272 g/mol. The van der Waals surface area contributed by atoms with Crippen LogP contribution in [0.1, 0.15) is 12.0 Å². The third-order valence-corrected chi connectivity index (χ3v) is 3.39. The van der Waals surface area contributed by atoms with E-state index in [-0.39, 0.29) is 0 Å². The topological polar surface area (TPSA) is 33.1 Å². The highest BCUT2D eigenvalue weighted by Crippen LogP contribution is 2.10. The molecule has 0 aliphatic rings. The molecule has 0 bridgehead atoms. The van der Waals surface area contributed by atoms with Crippen molar-refractivity contribution < 1.29 is 0 Å². The van der Waals surface area contributed by atoms with Gasteiger partial charge in [-0.2, -0.15) is 5.10 Å². The molecule has 0 saturated heterocycles. The maximum Gasteiger partial charge on any atom is 0.0522 e. The van der Waals surface area contributed by atoms with Crippen LogP contribution in [0.3, 0.4) is 0 Å². The summed E-state index contributed by atoms with van der Waals surface area (Å²) in [6, 6.07) is 10.5. The third kappa shape index (κ3) is 4.70. The predicted octanol–water partition coefficient (Wildman–Crippen LogP) is 2.08. The Morgan fingerprint density at radius 3 is 2.70 bits per heavy atom. The van der Waals surface area contributed by atoms with Crippen molar-refractivity contribution in [3.8, 4) is 0 Å². The fourth-order valence-electron chi connectivity index (χ4n) is 2.21. The summed E-state index contributed by atoms with van der Waals surface area (Å²) in [5.74, 6) is 0. The van der Waals surface area contributed by atoms with Crippen LogP contribution in [0.15, 0.2) is 42.7 Å². The number of para-hydroxylation sites is 1. The molecule has 0 atom stereocenters. The van der Waals surface area contributed by atoms with Crippen LogP contribution in [0.2, 0.25) is 0 Å². The van der Waals surface area contributed by atoms with Gasteiger partial charge < -0.3 is 10.2 Å². The number of nitrogens with one attached hydrogen (secondary N) is 1. The van der Waals surface area contributed by atoms with E-state index in [0.717, 1.165) is 32.5 Å². The molecule has 108 valence electrons. The van der Waals surface area contributed by atoms with E-state index in [1.54, 1.807) is 0 Å². The molecule has 0 spiro atoms. The van der Waals surface area contributed by atoms with Crippen LogP contribution in [0, 0.1) is 0 Å². The number of aryl methyl sites for hydroxylation is 1. The molecule has 1 heterocycles.